The molecule has 4 rings (SSSR count). The SMILES string of the molecule is C=CCn1ncc(CN2CCC(CC3CC(c4ccccc4F)=NO3)(C(=O)O)CC2)c1C. The Labute approximate surface area is 187 Å². The van der Waals surface area contributed by atoms with Crippen LogP contribution in [0.15, 0.2) is 48.3 Å². The average Bonchev–Trinajstić information content (AvgIpc) is 3.37. The lowest BCUT2D eigenvalue weighted by molar-refractivity contribution is -0.155. The number of rotatable bonds is 8. The van der Waals surface area contributed by atoms with Crippen LogP contribution in [-0.2, 0) is 22.7 Å². The second-order valence-corrected chi connectivity index (χ2v) is 8.74. The summed E-state index contributed by atoms with van der Waals surface area (Å²) in [6, 6.07) is 6.45. The number of benzene rings is 1. The van der Waals surface area contributed by atoms with Gasteiger partial charge in [-0.25, -0.2) is 4.39 Å². The predicted molar refractivity (Wildman–Crippen MR) is 119 cm³/mol. The zero-order chi connectivity index (χ0) is 22.7. The highest BCUT2D eigenvalue weighted by atomic mass is 19.1. The fraction of sp³-hybridized carbons (Fsp3) is 0.458. The molecule has 0 radical (unpaired) electrons. The van der Waals surface area contributed by atoms with Crippen molar-refractivity contribution in [2.75, 3.05) is 13.1 Å². The summed E-state index contributed by atoms with van der Waals surface area (Å²) >= 11 is 0. The molecule has 0 saturated carbocycles. The lowest BCUT2D eigenvalue weighted by Crippen LogP contribution is -2.45. The van der Waals surface area contributed by atoms with Crippen molar-refractivity contribution >= 4 is 11.7 Å². The maximum atomic E-state index is 14.1. The van der Waals surface area contributed by atoms with Gasteiger partial charge in [0.1, 0.15) is 11.9 Å². The number of piperidine rings is 1. The van der Waals surface area contributed by atoms with Crippen molar-refractivity contribution in [1.29, 1.82) is 0 Å². The van der Waals surface area contributed by atoms with E-state index in [-0.39, 0.29) is 11.9 Å². The van der Waals surface area contributed by atoms with Gasteiger partial charge in [0.25, 0.3) is 0 Å². The van der Waals surface area contributed by atoms with Gasteiger partial charge >= 0.3 is 5.97 Å². The highest BCUT2D eigenvalue weighted by molar-refractivity contribution is 6.01. The zero-order valence-corrected chi connectivity index (χ0v) is 18.3. The predicted octanol–water partition coefficient (Wildman–Crippen LogP) is 3.77. The second-order valence-electron chi connectivity index (χ2n) is 8.74. The van der Waals surface area contributed by atoms with Crippen LogP contribution < -0.4 is 0 Å². The monoisotopic (exact) mass is 440 g/mol. The van der Waals surface area contributed by atoms with Crippen molar-refractivity contribution in [3.8, 4) is 0 Å². The molecule has 2 aromatic rings. The van der Waals surface area contributed by atoms with E-state index in [1.165, 1.54) is 6.07 Å². The van der Waals surface area contributed by atoms with Crippen molar-refractivity contribution in [2.45, 2.75) is 51.8 Å². The summed E-state index contributed by atoms with van der Waals surface area (Å²) < 4.78 is 16.0. The zero-order valence-electron chi connectivity index (χ0n) is 18.3. The first-order valence-electron chi connectivity index (χ1n) is 11.0. The van der Waals surface area contributed by atoms with E-state index in [4.69, 9.17) is 4.84 Å². The van der Waals surface area contributed by atoms with Gasteiger partial charge in [-0.2, -0.15) is 5.10 Å². The molecular formula is C24H29FN4O3. The van der Waals surface area contributed by atoms with Gasteiger partial charge in [0.2, 0.25) is 0 Å². The molecule has 1 aromatic heterocycles. The number of carboxylic acids is 1. The molecule has 1 unspecified atom stereocenters. The van der Waals surface area contributed by atoms with Crippen LogP contribution in [0.3, 0.4) is 0 Å². The first-order chi connectivity index (χ1) is 15.4. The summed E-state index contributed by atoms with van der Waals surface area (Å²) in [6.07, 6.45) is 5.21. The van der Waals surface area contributed by atoms with E-state index >= 15 is 0 Å². The number of likely N-dealkylation sites (tertiary alicyclic amines) is 1. The summed E-state index contributed by atoms with van der Waals surface area (Å²) in [6.45, 7) is 8.60. The third-order valence-electron chi connectivity index (χ3n) is 6.70. The molecule has 7 nitrogen and oxygen atoms in total. The summed E-state index contributed by atoms with van der Waals surface area (Å²) in [5.74, 6) is -1.14. The second kappa shape index (κ2) is 9.24. The van der Waals surface area contributed by atoms with Crippen LogP contribution in [0.1, 0.15) is 42.5 Å². The van der Waals surface area contributed by atoms with Crippen molar-refractivity contribution in [1.82, 2.24) is 14.7 Å². The highest BCUT2D eigenvalue weighted by Crippen LogP contribution is 2.39. The van der Waals surface area contributed by atoms with Crippen molar-refractivity contribution in [3.63, 3.8) is 0 Å². The standard InChI is InChI=1S/C24H29FN4O3/c1-3-10-29-17(2)18(15-26-29)16-28-11-8-24(9-12-28,23(30)31)14-19-13-22(27-32-19)20-6-4-5-7-21(20)25/h3-7,15,19H,1,8-14,16H2,2H3,(H,30,31). The number of oxime groups is 1. The number of nitrogens with zero attached hydrogens (tertiary/aromatic N) is 4. The quantitative estimate of drug-likeness (QED) is 0.632. The number of allylic oxidation sites excluding steroid dienone is 1. The first kappa shape index (κ1) is 22.2. The van der Waals surface area contributed by atoms with Crippen LogP contribution in [-0.4, -0.2) is 50.7 Å². The molecule has 0 spiro atoms. The molecule has 0 aliphatic carbocycles. The van der Waals surface area contributed by atoms with Crippen LogP contribution in [0.4, 0.5) is 4.39 Å². The maximum absolute atomic E-state index is 14.1. The number of hydrogen-bond donors (Lipinski definition) is 1. The summed E-state index contributed by atoms with van der Waals surface area (Å²) in [5.41, 5.74) is 2.36. The Kier molecular flexibility index (Phi) is 6.41. The molecule has 8 heteroatoms. The maximum Gasteiger partial charge on any atom is 0.309 e. The molecule has 0 bridgehead atoms. The van der Waals surface area contributed by atoms with Crippen LogP contribution in [0.2, 0.25) is 0 Å². The van der Waals surface area contributed by atoms with Gasteiger partial charge in [0.05, 0.1) is 23.9 Å². The Morgan fingerprint density at radius 1 is 1.38 bits per heavy atom. The third-order valence-corrected chi connectivity index (χ3v) is 6.70. The fourth-order valence-electron chi connectivity index (χ4n) is 4.66. The molecule has 2 aliphatic rings. The molecule has 32 heavy (non-hydrogen) atoms. The minimum atomic E-state index is -0.858. The number of halogens is 1. The number of carbonyl (C=O) groups is 1. The molecule has 170 valence electrons. The molecule has 1 N–H and O–H groups in total. The molecular weight excluding hydrogens is 411 g/mol. The van der Waals surface area contributed by atoms with Crippen LogP contribution >= 0.6 is 0 Å². The van der Waals surface area contributed by atoms with E-state index < -0.39 is 11.4 Å². The topological polar surface area (TPSA) is 80.0 Å². The van der Waals surface area contributed by atoms with Crippen LogP contribution in [0.25, 0.3) is 0 Å². The van der Waals surface area contributed by atoms with E-state index in [2.05, 4.69) is 21.7 Å². The van der Waals surface area contributed by atoms with Gasteiger partial charge in [-0.3, -0.25) is 14.4 Å². The summed E-state index contributed by atoms with van der Waals surface area (Å²) in [5, 5.41) is 18.5. The first-order valence-corrected chi connectivity index (χ1v) is 11.0. The van der Waals surface area contributed by atoms with Crippen molar-refractivity contribution in [3.05, 3.63) is 65.8 Å². The Morgan fingerprint density at radius 3 is 2.81 bits per heavy atom. The smallest absolute Gasteiger partial charge is 0.309 e. The molecule has 1 saturated heterocycles. The molecule has 1 fully saturated rings. The Bertz CT molecular complexity index is 1020. The third kappa shape index (κ3) is 4.46. The van der Waals surface area contributed by atoms with E-state index in [1.54, 1.807) is 18.2 Å². The lowest BCUT2D eigenvalue weighted by Gasteiger charge is -2.39. The Morgan fingerprint density at radius 2 is 2.12 bits per heavy atom. The molecule has 2 aliphatic heterocycles. The minimum Gasteiger partial charge on any atom is -0.481 e. The van der Waals surface area contributed by atoms with Gasteiger partial charge in [-0.15, -0.1) is 6.58 Å². The molecule has 1 aromatic carbocycles. The van der Waals surface area contributed by atoms with Gasteiger partial charge in [-0.1, -0.05) is 29.4 Å². The molecule has 3 heterocycles. The summed E-state index contributed by atoms with van der Waals surface area (Å²) in [4.78, 5) is 20.1. The number of carboxylic acid groups (broad SMARTS) is 1. The normalized spacial score (nSPS) is 20.6. The van der Waals surface area contributed by atoms with Gasteiger partial charge in [0, 0.05) is 36.2 Å². The molecule has 0 amide bonds. The number of aliphatic carboxylic acids is 1. The van der Waals surface area contributed by atoms with Crippen molar-refractivity contribution < 1.29 is 19.1 Å². The van der Waals surface area contributed by atoms with Gasteiger partial charge in [-0.05, 0) is 38.9 Å². The van der Waals surface area contributed by atoms with E-state index in [1.807, 2.05) is 23.9 Å². The average molecular weight is 441 g/mol. The van der Waals surface area contributed by atoms with E-state index in [9.17, 15) is 14.3 Å². The highest BCUT2D eigenvalue weighted by Gasteiger charge is 2.45. The minimum absolute atomic E-state index is 0.344. The number of aromatic nitrogens is 2. The van der Waals surface area contributed by atoms with E-state index in [0.29, 0.717) is 56.6 Å². The summed E-state index contributed by atoms with van der Waals surface area (Å²) in [7, 11) is 0. The largest absolute Gasteiger partial charge is 0.481 e. The number of hydrogen-bond acceptors (Lipinski definition) is 5. The van der Waals surface area contributed by atoms with Crippen LogP contribution in [0.5, 0.6) is 0 Å². The Balaban J connectivity index is 1.36. The van der Waals surface area contributed by atoms with Gasteiger partial charge < -0.3 is 9.94 Å². The van der Waals surface area contributed by atoms with Crippen LogP contribution in [0, 0.1) is 18.2 Å². The molecule has 1 atom stereocenters. The van der Waals surface area contributed by atoms with Gasteiger partial charge in [0.15, 0.2) is 0 Å². The Hall–Kier alpha value is -3.00. The lowest BCUT2D eigenvalue weighted by atomic mass is 9.73. The fourth-order valence-corrected chi connectivity index (χ4v) is 4.66. The van der Waals surface area contributed by atoms with E-state index in [0.717, 1.165) is 17.8 Å². The van der Waals surface area contributed by atoms with Crippen molar-refractivity contribution in [2.24, 2.45) is 10.6 Å².